The third-order valence-corrected chi connectivity index (χ3v) is 5.98. The van der Waals surface area contributed by atoms with Crippen LogP contribution in [0.1, 0.15) is 39.0 Å². The number of carboxylic acids is 1. The fraction of sp³-hybridized carbons (Fsp3) is 0.391. The number of carboxylic acid groups (broad SMARTS) is 1. The van der Waals surface area contributed by atoms with E-state index < -0.39 is 23.3 Å². The highest BCUT2D eigenvalue weighted by Gasteiger charge is 2.50. The molecule has 0 bridgehead atoms. The predicted octanol–water partition coefficient (Wildman–Crippen LogP) is 3.27. The van der Waals surface area contributed by atoms with Gasteiger partial charge < -0.3 is 15.1 Å². The van der Waals surface area contributed by atoms with Crippen molar-refractivity contribution in [2.45, 2.75) is 39.7 Å². The van der Waals surface area contributed by atoms with Crippen molar-refractivity contribution in [3.05, 3.63) is 70.0 Å². The quantitative estimate of drug-likeness (QED) is 0.827. The van der Waals surface area contributed by atoms with Crippen LogP contribution in [0.2, 0.25) is 0 Å². The number of amides is 1. The topological polar surface area (TPSA) is 77.8 Å². The molecular weight excluding hydrogens is 373 g/mol. The second kappa shape index (κ2) is 7.95. The molecule has 154 valence electrons. The SMILES string of the molecule is Cc1cc(C)c(C(=O)N2CC[C@@H](O)[C@](Cc3cccc(F)c3)(C(=O)O)C2)cc1C. The second-order valence-corrected chi connectivity index (χ2v) is 8.05. The second-order valence-electron chi connectivity index (χ2n) is 8.05. The van der Waals surface area contributed by atoms with Gasteiger partial charge in [-0.25, -0.2) is 4.39 Å². The van der Waals surface area contributed by atoms with Crippen LogP contribution in [0.15, 0.2) is 36.4 Å². The van der Waals surface area contributed by atoms with Crippen LogP contribution in [0.25, 0.3) is 0 Å². The van der Waals surface area contributed by atoms with Crippen molar-refractivity contribution in [2.75, 3.05) is 13.1 Å². The zero-order valence-electron chi connectivity index (χ0n) is 16.9. The summed E-state index contributed by atoms with van der Waals surface area (Å²) in [5.74, 6) is -1.90. The maximum absolute atomic E-state index is 13.6. The molecule has 0 unspecified atom stereocenters. The van der Waals surface area contributed by atoms with Crippen LogP contribution >= 0.6 is 0 Å². The lowest BCUT2D eigenvalue weighted by Crippen LogP contribution is -2.58. The average Bonchev–Trinajstić information content (AvgIpc) is 2.66. The summed E-state index contributed by atoms with van der Waals surface area (Å²) in [5.41, 5.74) is 2.32. The molecule has 6 heteroatoms. The van der Waals surface area contributed by atoms with Crippen LogP contribution in [-0.2, 0) is 11.2 Å². The molecular formula is C23H26FNO4. The van der Waals surface area contributed by atoms with Gasteiger partial charge >= 0.3 is 5.97 Å². The molecule has 0 spiro atoms. The molecule has 1 amide bonds. The number of carbonyl (C=O) groups is 2. The Morgan fingerprint density at radius 2 is 1.83 bits per heavy atom. The van der Waals surface area contributed by atoms with Crippen molar-refractivity contribution < 1.29 is 24.2 Å². The standard InChI is InChI=1S/C23H26FNO4/c1-14-9-16(3)19(10-15(14)2)21(27)25-8-7-20(26)23(13-25,22(28)29)12-17-5-4-6-18(24)11-17/h4-6,9-11,20,26H,7-8,12-13H2,1-3H3,(H,28,29)/t20-,23-/m1/s1. The van der Waals surface area contributed by atoms with Gasteiger partial charge in [-0.2, -0.15) is 0 Å². The number of halogens is 1. The summed E-state index contributed by atoms with van der Waals surface area (Å²) in [6.07, 6.45) is -1.04. The number of benzene rings is 2. The molecule has 1 aliphatic rings. The third-order valence-electron chi connectivity index (χ3n) is 5.98. The zero-order chi connectivity index (χ0) is 21.3. The van der Waals surface area contributed by atoms with E-state index in [2.05, 4.69) is 0 Å². The Balaban J connectivity index is 1.94. The molecule has 2 aromatic rings. The highest BCUT2D eigenvalue weighted by Crippen LogP contribution is 2.36. The van der Waals surface area contributed by atoms with Crippen LogP contribution in [-0.4, -0.2) is 46.2 Å². The van der Waals surface area contributed by atoms with Gasteiger partial charge in [-0.05, 0) is 74.1 Å². The number of aliphatic hydroxyl groups excluding tert-OH is 1. The summed E-state index contributed by atoms with van der Waals surface area (Å²) in [4.78, 5) is 27.0. The van der Waals surface area contributed by atoms with E-state index in [0.717, 1.165) is 16.7 Å². The van der Waals surface area contributed by atoms with E-state index in [1.807, 2.05) is 32.9 Å². The molecule has 0 saturated carbocycles. The van der Waals surface area contributed by atoms with E-state index in [4.69, 9.17) is 0 Å². The molecule has 0 aliphatic carbocycles. The number of likely N-dealkylation sites (tertiary alicyclic amines) is 1. The molecule has 2 N–H and O–H groups in total. The summed E-state index contributed by atoms with van der Waals surface area (Å²) in [6, 6.07) is 9.47. The van der Waals surface area contributed by atoms with E-state index >= 15 is 0 Å². The molecule has 1 aliphatic heterocycles. The summed E-state index contributed by atoms with van der Waals surface area (Å²) in [7, 11) is 0. The Hall–Kier alpha value is -2.73. The van der Waals surface area contributed by atoms with Gasteiger partial charge in [0.05, 0.1) is 6.10 Å². The van der Waals surface area contributed by atoms with Gasteiger partial charge in [0.2, 0.25) is 0 Å². The Kier molecular flexibility index (Phi) is 5.75. The van der Waals surface area contributed by atoms with E-state index in [9.17, 15) is 24.2 Å². The number of aliphatic carboxylic acids is 1. The molecule has 0 radical (unpaired) electrons. The number of hydrogen-bond acceptors (Lipinski definition) is 3. The zero-order valence-corrected chi connectivity index (χ0v) is 16.9. The lowest BCUT2D eigenvalue weighted by atomic mass is 9.72. The Morgan fingerprint density at radius 1 is 1.14 bits per heavy atom. The van der Waals surface area contributed by atoms with Crippen LogP contribution in [0, 0.1) is 32.0 Å². The lowest BCUT2D eigenvalue weighted by molar-refractivity contribution is -0.161. The number of aliphatic hydroxyl groups is 1. The molecule has 2 aromatic carbocycles. The van der Waals surface area contributed by atoms with Crippen molar-refractivity contribution in [1.82, 2.24) is 4.90 Å². The van der Waals surface area contributed by atoms with Crippen molar-refractivity contribution in [2.24, 2.45) is 5.41 Å². The molecule has 29 heavy (non-hydrogen) atoms. The molecule has 0 aromatic heterocycles. The number of rotatable bonds is 4. The predicted molar refractivity (Wildman–Crippen MR) is 107 cm³/mol. The molecule has 1 saturated heterocycles. The van der Waals surface area contributed by atoms with Crippen molar-refractivity contribution in [1.29, 1.82) is 0 Å². The average molecular weight is 399 g/mol. The highest BCUT2D eigenvalue weighted by molar-refractivity contribution is 5.96. The smallest absolute Gasteiger partial charge is 0.314 e. The van der Waals surface area contributed by atoms with Gasteiger partial charge in [-0.15, -0.1) is 0 Å². The number of piperidine rings is 1. The number of nitrogens with zero attached hydrogens (tertiary/aromatic N) is 1. The lowest BCUT2D eigenvalue weighted by Gasteiger charge is -2.43. The van der Waals surface area contributed by atoms with Gasteiger partial charge in [0.25, 0.3) is 5.91 Å². The van der Waals surface area contributed by atoms with Crippen LogP contribution in [0.5, 0.6) is 0 Å². The van der Waals surface area contributed by atoms with Gasteiger partial charge in [-0.3, -0.25) is 9.59 Å². The normalized spacial score (nSPS) is 21.8. The van der Waals surface area contributed by atoms with Crippen molar-refractivity contribution >= 4 is 11.9 Å². The summed E-state index contributed by atoms with van der Waals surface area (Å²) >= 11 is 0. The summed E-state index contributed by atoms with van der Waals surface area (Å²) in [5, 5.41) is 20.6. The fourth-order valence-electron chi connectivity index (χ4n) is 4.08. The van der Waals surface area contributed by atoms with Crippen molar-refractivity contribution in [3.8, 4) is 0 Å². The highest BCUT2D eigenvalue weighted by atomic mass is 19.1. The largest absolute Gasteiger partial charge is 0.481 e. The van der Waals surface area contributed by atoms with E-state index in [0.29, 0.717) is 11.1 Å². The Labute approximate surface area is 169 Å². The number of hydrogen-bond donors (Lipinski definition) is 2. The molecule has 3 rings (SSSR count). The first-order valence-corrected chi connectivity index (χ1v) is 9.67. The minimum absolute atomic E-state index is 0.0586. The Morgan fingerprint density at radius 3 is 2.48 bits per heavy atom. The summed E-state index contributed by atoms with van der Waals surface area (Å²) in [6.45, 7) is 5.89. The first-order chi connectivity index (χ1) is 13.6. The maximum atomic E-state index is 13.6. The third kappa shape index (κ3) is 4.03. The molecule has 1 fully saturated rings. The fourth-order valence-corrected chi connectivity index (χ4v) is 4.08. The van der Waals surface area contributed by atoms with Gasteiger partial charge in [0.15, 0.2) is 0 Å². The maximum Gasteiger partial charge on any atom is 0.314 e. The van der Waals surface area contributed by atoms with Crippen LogP contribution in [0.3, 0.4) is 0 Å². The number of carbonyl (C=O) groups excluding carboxylic acids is 1. The van der Waals surface area contributed by atoms with Gasteiger partial charge in [0.1, 0.15) is 11.2 Å². The van der Waals surface area contributed by atoms with E-state index in [1.165, 1.54) is 23.1 Å². The summed E-state index contributed by atoms with van der Waals surface area (Å²) < 4.78 is 13.6. The monoisotopic (exact) mass is 399 g/mol. The first-order valence-electron chi connectivity index (χ1n) is 9.67. The Bertz CT molecular complexity index is 958. The van der Waals surface area contributed by atoms with Crippen LogP contribution in [0.4, 0.5) is 4.39 Å². The molecule has 1 heterocycles. The van der Waals surface area contributed by atoms with Gasteiger partial charge in [-0.1, -0.05) is 18.2 Å². The first kappa shape index (κ1) is 21.0. The number of aryl methyl sites for hydroxylation is 3. The van der Waals surface area contributed by atoms with E-state index in [-0.39, 0.29) is 31.8 Å². The van der Waals surface area contributed by atoms with Crippen LogP contribution < -0.4 is 0 Å². The molecule has 2 atom stereocenters. The minimum Gasteiger partial charge on any atom is -0.481 e. The van der Waals surface area contributed by atoms with Gasteiger partial charge in [0, 0.05) is 18.7 Å². The minimum atomic E-state index is -1.59. The molecule has 5 nitrogen and oxygen atoms in total. The van der Waals surface area contributed by atoms with Crippen molar-refractivity contribution in [3.63, 3.8) is 0 Å². The van der Waals surface area contributed by atoms with E-state index in [1.54, 1.807) is 6.07 Å².